The lowest BCUT2D eigenvalue weighted by Gasteiger charge is -2.46. The first kappa shape index (κ1) is 96.0. The summed E-state index contributed by atoms with van der Waals surface area (Å²) in [4.78, 5) is 13.4. The van der Waals surface area contributed by atoms with E-state index in [1.54, 1.807) is 0 Å². The maximum atomic E-state index is 13.4. The second-order valence-corrected chi connectivity index (χ2v) is 31.0. The minimum atomic E-state index is -1.78. The second-order valence-electron chi connectivity index (χ2n) is 31.0. The second kappa shape index (κ2) is 71.8. The van der Waals surface area contributed by atoms with E-state index in [1.165, 1.54) is 308 Å². The van der Waals surface area contributed by atoms with Gasteiger partial charge < -0.3 is 65.1 Å². The standard InChI is InChI=1S/C88H165NO13/c1-3-5-7-9-11-13-15-17-19-21-23-25-27-29-31-33-35-36-37-38-39-40-42-44-46-48-50-52-54-56-58-60-62-64-66-68-70-72-80(93)89-76(75-99-87-85(98)83(96)86(79(74-91)101-87)102-88-84(97)82(95)81(94)78(73-90)100-88)77(92)71-69-67-65-63-61-59-57-55-53-51-49-47-45-43-41-34-32-30-28-26-24-22-20-18-16-14-12-10-8-6-4-2/h5,7,11,13,17,19,23,25,76-79,81-88,90-92,94-98H,3-4,6,8-10,12,14-16,18,20-22,24,26-75H2,1-2H3,(H,89,93)/b7-5-,13-11-,19-17-,25-23-. The molecule has 0 aromatic heterocycles. The highest BCUT2D eigenvalue weighted by Crippen LogP contribution is 2.31. The quantitative estimate of drug-likeness (QED) is 0.0204. The summed E-state index contributed by atoms with van der Waals surface area (Å²) in [5.74, 6) is -0.197. The molecule has 102 heavy (non-hydrogen) atoms. The highest BCUT2D eigenvalue weighted by Gasteiger charge is 2.51. The molecule has 0 aromatic carbocycles. The zero-order chi connectivity index (χ0) is 73.7. The molecule has 0 aromatic rings. The lowest BCUT2D eigenvalue weighted by atomic mass is 9.97. The third-order valence-electron chi connectivity index (χ3n) is 21.6. The number of hydrogen-bond acceptors (Lipinski definition) is 13. The van der Waals surface area contributed by atoms with E-state index in [4.69, 9.17) is 18.9 Å². The van der Waals surface area contributed by atoms with Crippen molar-refractivity contribution >= 4 is 5.91 Å². The Bertz CT molecular complexity index is 1900. The summed E-state index contributed by atoms with van der Waals surface area (Å²) in [6.45, 7) is 2.82. The molecule has 2 heterocycles. The number of nitrogens with one attached hydrogen (secondary N) is 1. The van der Waals surface area contributed by atoms with Crippen LogP contribution in [0, 0.1) is 0 Å². The maximum absolute atomic E-state index is 13.4. The SMILES string of the molecule is CC/C=C\C/C=C\C/C=C\C/C=C\CCCCCCCCCCCCCCCCCCCCCCCCCCC(=O)NC(COC1OC(CO)C(OC2OC(CO)C(O)C(O)C2O)C(O)C1O)C(O)CCCCCCCCCCCCCCCCCCCCCCCCCCCCCCCCC. The molecule has 2 rings (SSSR count). The zero-order valence-corrected chi connectivity index (χ0v) is 66.1. The van der Waals surface area contributed by atoms with Crippen LogP contribution in [0.1, 0.15) is 412 Å². The Morgan fingerprint density at radius 3 is 1.04 bits per heavy atom. The van der Waals surface area contributed by atoms with Crippen LogP contribution in [0.4, 0.5) is 0 Å². The van der Waals surface area contributed by atoms with Gasteiger partial charge in [-0.25, -0.2) is 0 Å². The van der Waals surface area contributed by atoms with Crippen molar-refractivity contribution in [3.8, 4) is 0 Å². The first-order valence-corrected chi connectivity index (χ1v) is 43.9. The minimum Gasteiger partial charge on any atom is -0.394 e. The molecule has 0 bridgehead atoms. The number of aliphatic hydroxyl groups excluding tert-OH is 8. The fourth-order valence-electron chi connectivity index (χ4n) is 14.7. The zero-order valence-electron chi connectivity index (χ0n) is 66.1. The van der Waals surface area contributed by atoms with Crippen molar-refractivity contribution in [1.82, 2.24) is 5.32 Å². The lowest BCUT2D eigenvalue weighted by molar-refractivity contribution is -0.359. The number of rotatable bonds is 75. The van der Waals surface area contributed by atoms with Gasteiger partial charge in [0.2, 0.25) is 5.91 Å². The van der Waals surface area contributed by atoms with E-state index in [0.29, 0.717) is 12.8 Å². The van der Waals surface area contributed by atoms with Crippen LogP contribution in [0.25, 0.3) is 0 Å². The first-order chi connectivity index (χ1) is 50.1. The molecule has 12 unspecified atom stereocenters. The normalized spacial score (nSPS) is 21.8. The molecule has 14 nitrogen and oxygen atoms in total. The number of ether oxygens (including phenoxy) is 4. The van der Waals surface area contributed by atoms with Crippen LogP contribution in [0.15, 0.2) is 48.6 Å². The molecule has 0 radical (unpaired) electrons. The Morgan fingerprint density at radius 2 is 0.676 bits per heavy atom. The number of unbranched alkanes of at least 4 members (excludes halogenated alkanes) is 54. The Kier molecular flexibility index (Phi) is 67.6. The molecule has 2 aliphatic heterocycles. The van der Waals surface area contributed by atoms with E-state index >= 15 is 0 Å². The van der Waals surface area contributed by atoms with E-state index in [0.717, 1.165) is 77.0 Å². The van der Waals surface area contributed by atoms with E-state index < -0.39 is 86.8 Å². The van der Waals surface area contributed by atoms with Crippen molar-refractivity contribution in [1.29, 1.82) is 0 Å². The van der Waals surface area contributed by atoms with Crippen molar-refractivity contribution < 1.29 is 64.6 Å². The highest BCUT2D eigenvalue weighted by atomic mass is 16.7. The molecular formula is C88H165NO13. The van der Waals surface area contributed by atoms with E-state index in [2.05, 4.69) is 67.8 Å². The predicted molar refractivity (Wildman–Crippen MR) is 424 cm³/mol. The van der Waals surface area contributed by atoms with Gasteiger partial charge in [0.15, 0.2) is 12.6 Å². The largest absolute Gasteiger partial charge is 0.394 e. The molecule has 12 atom stereocenters. The third kappa shape index (κ3) is 53.7. The summed E-state index contributed by atoms with van der Waals surface area (Å²) in [6.07, 6.45) is 80.4. The van der Waals surface area contributed by atoms with Gasteiger partial charge in [0.25, 0.3) is 0 Å². The van der Waals surface area contributed by atoms with E-state index in [1.807, 2.05) is 0 Å². The van der Waals surface area contributed by atoms with Gasteiger partial charge in [-0.3, -0.25) is 4.79 Å². The molecule has 0 spiro atoms. The Labute approximate surface area is 626 Å². The molecule has 2 aliphatic rings. The molecule has 600 valence electrons. The molecular weight excluding hydrogens is 1280 g/mol. The van der Waals surface area contributed by atoms with Crippen molar-refractivity contribution in [2.24, 2.45) is 0 Å². The predicted octanol–water partition coefficient (Wildman–Crippen LogP) is 20.9. The van der Waals surface area contributed by atoms with Gasteiger partial charge in [-0.1, -0.05) is 403 Å². The molecule has 2 saturated heterocycles. The number of aliphatic hydroxyl groups is 8. The van der Waals surface area contributed by atoms with Crippen LogP contribution in [-0.2, 0) is 23.7 Å². The molecule has 2 fully saturated rings. The van der Waals surface area contributed by atoms with Crippen molar-refractivity contribution in [3.05, 3.63) is 48.6 Å². The third-order valence-corrected chi connectivity index (χ3v) is 21.6. The number of carbonyl (C=O) groups excluding carboxylic acids is 1. The minimum absolute atomic E-state index is 0.197. The summed E-state index contributed by atoms with van der Waals surface area (Å²) in [7, 11) is 0. The van der Waals surface area contributed by atoms with Gasteiger partial charge in [-0.2, -0.15) is 0 Å². The average Bonchev–Trinajstić information content (AvgIpc) is 0.790. The van der Waals surface area contributed by atoms with Crippen molar-refractivity contribution in [2.75, 3.05) is 19.8 Å². The van der Waals surface area contributed by atoms with Gasteiger partial charge in [0.1, 0.15) is 48.8 Å². The maximum Gasteiger partial charge on any atom is 0.220 e. The van der Waals surface area contributed by atoms with Gasteiger partial charge in [0, 0.05) is 6.42 Å². The van der Waals surface area contributed by atoms with Gasteiger partial charge in [-0.15, -0.1) is 0 Å². The van der Waals surface area contributed by atoms with Crippen LogP contribution >= 0.6 is 0 Å². The summed E-state index contributed by atoms with van der Waals surface area (Å²) in [6, 6.07) is -0.830. The van der Waals surface area contributed by atoms with Crippen LogP contribution in [-0.4, -0.2) is 140 Å². The molecule has 0 aliphatic carbocycles. The highest BCUT2D eigenvalue weighted by molar-refractivity contribution is 5.76. The number of amides is 1. The fourth-order valence-corrected chi connectivity index (χ4v) is 14.7. The lowest BCUT2D eigenvalue weighted by Crippen LogP contribution is -2.65. The summed E-state index contributed by atoms with van der Waals surface area (Å²) in [5, 5.41) is 88.0. The van der Waals surface area contributed by atoms with Crippen LogP contribution in [0.5, 0.6) is 0 Å². The van der Waals surface area contributed by atoms with Gasteiger partial charge in [0.05, 0.1) is 32.0 Å². The number of hydrogen-bond donors (Lipinski definition) is 9. The Morgan fingerprint density at radius 1 is 0.363 bits per heavy atom. The van der Waals surface area contributed by atoms with Crippen LogP contribution in [0.2, 0.25) is 0 Å². The van der Waals surface area contributed by atoms with E-state index in [9.17, 15) is 45.6 Å². The molecule has 9 N–H and O–H groups in total. The summed E-state index contributed by atoms with van der Waals surface area (Å²) < 4.78 is 23.0. The van der Waals surface area contributed by atoms with Crippen LogP contribution < -0.4 is 5.32 Å². The molecule has 14 heteroatoms. The molecule has 0 saturated carbocycles. The summed E-state index contributed by atoms with van der Waals surface area (Å²) >= 11 is 0. The molecule has 1 amide bonds. The van der Waals surface area contributed by atoms with Crippen molar-refractivity contribution in [2.45, 2.75) is 485 Å². The van der Waals surface area contributed by atoms with Crippen molar-refractivity contribution in [3.63, 3.8) is 0 Å². The first-order valence-electron chi connectivity index (χ1n) is 43.9. The van der Waals surface area contributed by atoms with Gasteiger partial charge in [-0.05, 0) is 51.4 Å². The Hall–Kier alpha value is -2.05. The Balaban J connectivity index is 1.56. The average molecular weight is 1450 g/mol. The monoisotopic (exact) mass is 1440 g/mol. The van der Waals surface area contributed by atoms with Gasteiger partial charge >= 0.3 is 0 Å². The van der Waals surface area contributed by atoms with E-state index in [-0.39, 0.29) is 12.5 Å². The van der Waals surface area contributed by atoms with Crippen LogP contribution in [0.3, 0.4) is 0 Å². The number of carbonyl (C=O) groups is 1. The smallest absolute Gasteiger partial charge is 0.220 e. The fraction of sp³-hybridized carbons (Fsp3) is 0.898. The topological polar surface area (TPSA) is 228 Å². The number of allylic oxidation sites excluding steroid dienone is 8. The summed E-state index contributed by atoms with van der Waals surface area (Å²) in [5.41, 5.74) is 0.